The summed E-state index contributed by atoms with van der Waals surface area (Å²) in [6.07, 6.45) is 2.11. The molecule has 0 bridgehead atoms. The zero-order valence-corrected chi connectivity index (χ0v) is 8.00. The number of ether oxygens (including phenoxy) is 1. The predicted molar refractivity (Wildman–Crippen MR) is 47.4 cm³/mol. The van der Waals surface area contributed by atoms with Crippen LogP contribution in [-0.4, -0.2) is 25.0 Å². The van der Waals surface area contributed by atoms with E-state index >= 15 is 0 Å². The highest BCUT2D eigenvalue weighted by molar-refractivity contribution is 5.70. The Kier molecular flexibility index (Phi) is 2.90. The maximum Gasteiger partial charge on any atom is 0.407 e. The predicted octanol–water partition coefficient (Wildman–Crippen LogP) is 1.10. The van der Waals surface area contributed by atoms with E-state index in [0.717, 1.165) is 19.1 Å². The van der Waals surface area contributed by atoms with Crippen molar-refractivity contribution in [2.45, 2.75) is 32.8 Å². The molecule has 74 valence electrons. The molecule has 0 heterocycles. The summed E-state index contributed by atoms with van der Waals surface area (Å²) >= 11 is 0. The highest BCUT2D eigenvalue weighted by atomic mass is 16.6. The van der Waals surface area contributed by atoms with Gasteiger partial charge in [0.05, 0.1) is 6.10 Å². The lowest BCUT2D eigenvalue weighted by molar-refractivity contribution is -0.112. The van der Waals surface area contributed by atoms with E-state index in [-0.39, 0.29) is 11.5 Å². The van der Waals surface area contributed by atoms with E-state index in [9.17, 15) is 9.59 Å². The normalized spacial score (nSPS) is 18.1. The van der Waals surface area contributed by atoms with Gasteiger partial charge in [-0.3, -0.25) is 0 Å². The zero-order valence-electron chi connectivity index (χ0n) is 8.00. The number of nitrogens with one attached hydrogen (secondary N) is 1. The minimum atomic E-state index is -0.442. The highest BCUT2D eigenvalue weighted by Crippen LogP contribution is 2.42. The molecule has 0 aromatic carbocycles. The molecular weight excluding hydrogens is 170 g/mol. The second-order valence-electron chi connectivity index (χ2n) is 3.79. The molecule has 1 rings (SSSR count). The molecule has 13 heavy (non-hydrogen) atoms. The van der Waals surface area contributed by atoms with Crippen LogP contribution in [0.25, 0.3) is 0 Å². The summed E-state index contributed by atoms with van der Waals surface area (Å²) in [5.41, 5.74) is -0.282. The van der Waals surface area contributed by atoms with Crippen molar-refractivity contribution in [3.63, 3.8) is 0 Å². The summed E-state index contributed by atoms with van der Waals surface area (Å²) in [6.45, 7) is 3.97. The fraction of sp³-hybridized carbons (Fsp3) is 0.778. The van der Waals surface area contributed by atoms with Gasteiger partial charge in [-0.2, -0.15) is 0 Å². The van der Waals surface area contributed by atoms with Crippen LogP contribution in [0.2, 0.25) is 0 Å². The van der Waals surface area contributed by atoms with Crippen LogP contribution in [-0.2, 0) is 9.53 Å². The van der Waals surface area contributed by atoms with Gasteiger partial charge in [0.25, 0.3) is 0 Å². The van der Waals surface area contributed by atoms with Gasteiger partial charge < -0.3 is 14.8 Å². The SMILES string of the molecule is CC(C)OC(=O)NCC1(C=O)CC1. The van der Waals surface area contributed by atoms with Crippen LogP contribution >= 0.6 is 0 Å². The van der Waals surface area contributed by atoms with Crippen molar-refractivity contribution in [2.75, 3.05) is 6.54 Å². The van der Waals surface area contributed by atoms with Gasteiger partial charge in [-0.1, -0.05) is 0 Å². The average Bonchev–Trinajstić information content (AvgIpc) is 2.80. The summed E-state index contributed by atoms with van der Waals surface area (Å²) in [5, 5.41) is 2.58. The Morgan fingerprint density at radius 1 is 1.62 bits per heavy atom. The van der Waals surface area contributed by atoms with Crippen LogP contribution in [0.15, 0.2) is 0 Å². The molecule has 1 aliphatic rings. The first-order chi connectivity index (χ1) is 6.08. The third-order valence-corrected chi connectivity index (χ3v) is 2.07. The number of carbonyl (C=O) groups is 2. The minimum absolute atomic E-state index is 0.119. The van der Waals surface area contributed by atoms with Crippen LogP contribution in [0.4, 0.5) is 4.79 Å². The Labute approximate surface area is 77.6 Å². The Bertz CT molecular complexity index is 209. The quantitative estimate of drug-likeness (QED) is 0.667. The van der Waals surface area contributed by atoms with Crippen molar-refractivity contribution in [1.82, 2.24) is 5.32 Å². The van der Waals surface area contributed by atoms with Crippen molar-refractivity contribution in [3.05, 3.63) is 0 Å². The second-order valence-corrected chi connectivity index (χ2v) is 3.79. The Balaban J connectivity index is 2.19. The summed E-state index contributed by atoms with van der Waals surface area (Å²) in [4.78, 5) is 21.5. The van der Waals surface area contributed by atoms with E-state index in [4.69, 9.17) is 4.74 Å². The number of rotatable bonds is 4. The van der Waals surface area contributed by atoms with Gasteiger partial charge in [0, 0.05) is 12.0 Å². The van der Waals surface area contributed by atoms with Crippen LogP contribution in [0.3, 0.4) is 0 Å². The maximum absolute atomic E-state index is 11.0. The highest BCUT2D eigenvalue weighted by Gasteiger charge is 2.42. The van der Waals surface area contributed by atoms with Crippen molar-refractivity contribution < 1.29 is 14.3 Å². The van der Waals surface area contributed by atoms with Crippen LogP contribution in [0.1, 0.15) is 26.7 Å². The number of alkyl carbamates (subject to hydrolysis) is 1. The van der Waals surface area contributed by atoms with Crippen molar-refractivity contribution in [2.24, 2.45) is 5.41 Å². The summed E-state index contributed by atoms with van der Waals surface area (Å²) in [7, 11) is 0. The number of hydrogen-bond acceptors (Lipinski definition) is 3. The van der Waals surface area contributed by atoms with Gasteiger partial charge in [0.15, 0.2) is 0 Å². The van der Waals surface area contributed by atoms with Crippen molar-refractivity contribution >= 4 is 12.4 Å². The molecule has 0 aromatic heterocycles. The molecule has 1 N–H and O–H groups in total. The monoisotopic (exact) mass is 185 g/mol. The molecule has 1 aliphatic carbocycles. The standard InChI is InChI=1S/C9H15NO3/c1-7(2)13-8(12)10-5-9(6-11)3-4-9/h6-7H,3-5H2,1-2H3,(H,10,12). The first-order valence-electron chi connectivity index (χ1n) is 4.49. The minimum Gasteiger partial charge on any atom is -0.447 e. The van der Waals surface area contributed by atoms with Gasteiger partial charge in [0.1, 0.15) is 6.29 Å². The lowest BCUT2D eigenvalue weighted by Crippen LogP contribution is -2.32. The van der Waals surface area contributed by atoms with Crippen molar-refractivity contribution in [3.8, 4) is 0 Å². The van der Waals surface area contributed by atoms with Gasteiger partial charge >= 0.3 is 6.09 Å². The summed E-state index contributed by atoms with van der Waals surface area (Å²) in [5.74, 6) is 0. The molecule has 0 aromatic rings. The Morgan fingerprint density at radius 2 is 2.23 bits per heavy atom. The first-order valence-corrected chi connectivity index (χ1v) is 4.49. The third kappa shape index (κ3) is 3.05. The number of amides is 1. The molecule has 1 saturated carbocycles. The molecule has 0 atom stereocenters. The summed E-state index contributed by atoms with van der Waals surface area (Å²) < 4.78 is 4.85. The lowest BCUT2D eigenvalue weighted by atomic mass is 10.1. The average molecular weight is 185 g/mol. The molecule has 0 saturated heterocycles. The molecular formula is C9H15NO3. The largest absolute Gasteiger partial charge is 0.447 e. The first kappa shape index (κ1) is 10.0. The molecule has 1 fully saturated rings. The molecule has 4 nitrogen and oxygen atoms in total. The molecule has 0 radical (unpaired) electrons. The van der Waals surface area contributed by atoms with E-state index in [0.29, 0.717) is 6.54 Å². The van der Waals surface area contributed by atoms with Crippen LogP contribution in [0, 0.1) is 5.41 Å². The smallest absolute Gasteiger partial charge is 0.407 e. The van der Waals surface area contributed by atoms with Crippen LogP contribution < -0.4 is 5.32 Å². The number of carbonyl (C=O) groups excluding carboxylic acids is 2. The fourth-order valence-electron chi connectivity index (χ4n) is 1.00. The van der Waals surface area contributed by atoms with E-state index in [1.165, 1.54) is 0 Å². The molecule has 0 unspecified atom stereocenters. The van der Waals surface area contributed by atoms with E-state index in [1.807, 2.05) is 0 Å². The third-order valence-electron chi connectivity index (χ3n) is 2.07. The lowest BCUT2D eigenvalue weighted by Gasteiger charge is -2.11. The van der Waals surface area contributed by atoms with E-state index < -0.39 is 6.09 Å². The van der Waals surface area contributed by atoms with E-state index in [2.05, 4.69) is 5.32 Å². The van der Waals surface area contributed by atoms with E-state index in [1.54, 1.807) is 13.8 Å². The van der Waals surface area contributed by atoms with Gasteiger partial charge in [-0.15, -0.1) is 0 Å². The summed E-state index contributed by atoms with van der Waals surface area (Å²) in [6, 6.07) is 0. The Hall–Kier alpha value is -1.06. The van der Waals surface area contributed by atoms with Gasteiger partial charge in [0.2, 0.25) is 0 Å². The second kappa shape index (κ2) is 3.77. The number of aldehydes is 1. The topological polar surface area (TPSA) is 55.4 Å². The number of hydrogen-bond donors (Lipinski definition) is 1. The van der Waals surface area contributed by atoms with Gasteiger partial charge in [-0.05, 0) is 26.7 Å². The van der Waals surface area contributed by atoms with Crippen molar-refractivity contribution in [1.29, 1.82) is 0 Å². The van der Waals surface area contributed by atoms with Gasteiger partial charge in [-0.25, -0.2) is 4.79 Å². The zero-order chi connectivity index (χ0) is 9.90. The molecule has 1 amide bonds. The molecule has 0 aliphatic heterocycles. The van der Waals surface area contributed by atoms with Crippen LogP contribution in [0.5, 0.6) is 0 Å². The Morgan fingerprint density at radius 3 is 2.62 bits per heavy atom. The maximum atomic E-state index is 11.0. The molecule has 0 spiro atoms. The fourth-order valence-corrected chi connectivity index (χ4v) is 1.00. The molecule has 4 heteroatoms.